The Morgan fingerprint density at radius 3 is 2.39 bits per heavy atom. The molecule has 0 aromatic rings. The molecule has 0 bridgehead atoms. The van der Waals surface area contributed by atoms with Crippen LogP contribution in [-0.2, 0) is 4.74 Å². The highest BCUT2D eigenvalue weighted by molar-refractivity contribution is 5.73. The Bertz CT molecular complexity index is 362. The Hall–Kier alpha value is -0.850. The van der Waals surface area contributed by atoms with Gasteiger partial charge in [0.15, 0.2) is 0 Å². The zero-order chi connectivity index (χ0) is 16.7. The van der Waals surface area contributed by atoms with Gasteiger partial charge in [0.1, 0.15) is 0 Å². The lowest BCUT2D eigenvalue weighted by atomic mass is 9.85. The first-order chi connectivity index (χ1) is 11.0. The van der Waals surface area contributed by atoms with Crippen molar-refractivity contribution in [2.24, 2.45) is 5.92 Å². The van der Waals surface area contributed by atoms with E-state index in [0.29, 0.717) is 5.92 Å². The molecule has 0 radical (unpaired) electrons. The number of nitrogens with zero attached hydrogens (tertiary/aromatic N) is 2. The summed E-state index contributed by atoms with van der Waals surface area (Å²) in [5.74, 6) is 0.615. The number of piperidine rings is 1. The predicted molar refractivity (Wildman–Crippen MR) is 92.7 cm³/mol. The maximum absolute atomic E-state index is 12.1. The van der Waals surface area contributed by atoms with E-state index in [9.17, 15) is 4.79 Å². The Balaban J connectivity index is 1.86. The molecule has 0 aliphatic carbocycles. The van der Waals surface area contributed by atoms with Gasteiger partial charge in [0, 0.05) is 31.7 Å². The summed E-state index contributed by atoms with van der Waals surface area (Å²) in [5, 5.41) is 6.11. The van der Waals surface area contributed by atoms with Crippen LogP contribution >= 0.6 is 0 Å². The number of morpholine rings is 1. The SMILES string of the molecule is CC(C)CCNC(=O)NCC1(N2CCOCC2)CCN(C)CC1. The molecule has 23 heavy (non-hydrogen) atoms. The molecule has 0 spiro atoms. The van der Waals surface area contributed by atoms with Crippen molar-refractivity contribution in [2.45, 2.75) is 38.6 Å². The van der Waals surface area contributed by atoms with Gasteiger partial charge in [-0.05, 0) is 45.3 Å². The van der Waals surface area contributed by atoms with E-state index in [1.54, 1.807) is 0 Å². The number of hydrogen-bond acceptors (Lipinski definition) is 4. The summed E-state index contributed by atoms with van der Waals surface area (Å²) in [6.45, 7) is 11.6. The van der Waals surface area contributed by atoms with Crippen LogP contribution in [0.2, 0.25) is 0 Å². The van der Waals surface area contributed by atoms with Crippen LogP contribution in [0.15, 0.2) is 0 Å². The quantitative estimate of drug-likeness (QED) is 0.768. The van der Waals surface area contributed by atoms with Gasteiger partial charge in [0.2, 0.25) is 0 Å². The fourth-order valence-electron chi connectivity index (χ4n) is 3.46. The molecule has 134 valence electrons. The highest BCUT2D eigenvalue weighted by Crippen LogP contribution is 2.28. The molecule has 2 amide bonds. The minimum Gasteiger partial charge on any atom is -0.379 e. The predicted octanol–water partition coefficient (Wildman–Crippen LogP) is 1.13. The van der Waals surface area contributed by atoms with Gasteiger partial charge >= 0.3 is 6.03 Å². The van der Waals surface area contributed by atoms with Gasteiger partial charge in [-0.15, -0.1) is 0 Å². The van der Waals surface area contributed by atoms with Gasteiger partial charge in [-0.1, -0.05) is 13.8 Å². The molecule has 2 heterocycles. The molecule has 2 fully saturated rings. The zero-order valence-electron chi connectivity index (χ0n) is 15.1. The highest BCUT2D eigenvalue weighted by atomic mass is 16.5. The van der Waals surface area contributed by atoms with E-state index < -0.39 is 0 Å². The van der Waals surface area contributed by atoms with Crippen LogP contribution in [0.25, 0.3) is 0 Å². The van der Waals surface area contributed by atoms with Crippen LogP contribution < -0.4 is 10.6 Å². The minimum atomic E-state index is -0.0304. The number of urea groups is 1. The number of hydrogen-bond donors (Lipinski definition) is 2. The van der Waals surface area contributed by atoms with Crippen molar-refractivity contribution in [3.05, 3.63) is 0 Å². The van der Waals surface area contributed by atoms with Gasteiger partial charge in [-0.2, -0.15) is 0 Å². The lowest BCUT2D eigenvalue weighted by Crippen LogP contribution is -2.63. The van der Waals surface area contributed by atoms with Crippen LogP contribution in [-0.4, -0.2) is 80.9 Å². The lowest BCUT2D eigenvalue weighted by Gasteiger charge is -2.49. The first-order valence-electron chi connectivity index (χ1n) is 9.05. The fourth-order valence-corrected chi connectivity index (χ4v) is 3.46. The third kappa shape index (κ3) is 5.62. The molecule has 2 aliphatic rings. The lowest BCUT2D eigenvalue weighted by molar-refractivity contribution is -0.0435. The number of likely N-dealkylation sites (tertiary alicyclic amines) is 1. The summed E-state index contributed by atoms with van der Waals surface area (Å²) >= 11 is 0. The molecule has 0 saturated carbocycles. The van der Waals surface area contributed by atoms with E-state index in [1.165, 1.54) is 0 Å². The molecule has 0 unspecified atom stereocenters. The van der Waals surface area contributed by atoms with Crippen molar-refractivity contribution in [1.29, 1.82) is 0 Å². The van der Waals surface area contributed by atoms with Crippen LogP contribution in [0.1, 0.15) is 33.1 Å². The summed E-state index contributed by atoms with van der Waals surface area (Å²) in [6, 6.07) is -0.0304. The summed E-state index contributed by atoms with van der Waals surface area (Å²) in [5.41, 5.74) is 0.0890. The van der Waals surface area contributed by atoms with Crippen molar-refractivity contribution in [2.75, 3.05) is 59.5 Å². The first-order valence-corrected chi connectivity index (χ1v) is 9.05. The summed E-state index contributed by atoms with van der Waals surface area (Å²) in [7, 11) is 2.18. The van der Waals surface area contributed by atoms with E-state index in [0.717, 1.165) is 71.7 Å². The Morgan fingerprint density at radius 2 is 1.78 bits per heavy atom. The van der Waals surface area contributed by atoms with Crippen LogP contribution in [0, 0.1) is 5.92 Å². The first kappa shape index (κ1) is 18.5. The fraction of sp³-hybridized carbons (Fsp3) is 0.941. The number of carbonyl (C=O) groups is 1. The highest BCUT2D eigenvalue weighted by Gasteiger charge is 2.40. The number of amides is 2. The van der Waals surface area contributed by atoms with E-state index in [1.807, 2.05) is 0 Å². The third-order valence-corrected chi connectivity index (χ3v) is 5.18. The average molecular weight is 326 g/mol. The second-order valence-electron chi connectivity index (χ2n) is 7.42. The summed E-state index contributed by atoms with van der Waals surface area (Å²) in [6.07, 6.45) is 3.23. The van der Waals surface area contributed by atoms with Crippen molar-refractivity contribution in [3.63, 3.8) is 0 Å². The van der Waals surface area contributed by atoms with E-state index in [4.69, 9.17) is 4.74 Å². The van der Waals surface area contributed by atoms with E-state index >= 15 is 0 Å². The van der Waals surface area contributed by atoms with Crippen molar-refractivity contribution < 1.29 is 9.53 Å². The zero-order valence-corrected chi connectivity index (χ0v) is 15.1. The molecule has 2 rings (SSSR count). The molecule has 6 nitrogen and oxygen atoms in total. The molecule has 2 saturated heterocycles. The maximum atomic E-state index is 12.1. The normalized spacial score (nSPS) is 23.0. The van der Waals surface area contributed by atoms with E-state index in [-0.39, 0.29) is 11.6 Å². The van der Waals surface area contributed by atoms with Gasteiger partial charge in [0.05, 0.1) is 13.2 Å². The van der Waals surface area contributed by atoms with Gasteiger partial charge in [-0.3, -0.25) is 4.90 Å². The molecular formula is C17H34N4O2. The van der Waals surface area contributed by atoms with Gasteiger partial charge in [0.25, 0.3) is 0 Å². The van der Waals surface area contributed by atoms with Crippen LogP contribution in [0.4, 0.5) is 4.79 Å². The number of rotatable bonds is 6. The van der Waals surface area contributed by atoms with Crippen LogP contribution in [0.3, 0.4) is 0 Å². The molecule has 2 aliphatic heterocycles. The van der Waals surface area contributed by atoms with Crippen LogP contribution in [0.5, 0.6) is 0 Å². The van der Waals surface area contributed by atoms with E-state index in [2.05, 4.69) is 41.3 Å². The second kappa shape index (κ2) is 8.85. The summed E-state index contributed by atoms with van der Waals surface area (Å²) in [4.78, 5) is 17.0. The molecule has 0 aromatic heterocycles. The third-order valence-electron chi connectivity index (χ3n) is 5.18. The van der Waals surface area contributed by atoms with Gasteiger partial charge < -0.3 is 20.3 Å². The monoisotopic (exact) mass is 326 g/mol. The number of nitrogens with one attached hydrogen (secondary N) is 2. The smallest absolute Gasteiger partial charge is 0.314 e. The topological polar surface area (TPSA) is 56.8 Å². The minimum absolute atomic E-state index is 0.0304. The number of ether oxygens (including phenoxy) is 1. The molecule has 6 heteroatoms. The van der Waals surface area contributed by atoms with Gasteiger partial charge in [-0.25, -0.2) is 4.79 Å². The Kier molecular flexibility index (Phi) is 7.11. The number of carbonyl (C=O) groups excluding carboxylic acids is 1. The second-order valence-corrected chi connectivity index (χ2v) is 7.42. The molecular weight excluding hydrogens is 292 g/mol. The van der Waals surface area contributed by atoms with Crippen molar-refractivity contribution in [3.8, 4) is 0 Å². The Labute approximate surface area is 140 Å². The molecule has 2 N–H and O–H groups in total. The van der Waals surface area contributed by atoms with Crippen molar-refractivity contribution in [1.82, 2.24) is 20.4 Å². The summed E-state index contributed by atoms with van der Waals surface area (Å²) < 4.78 is 5.51. The van der Waals surface area contributed by atoms with Crippen molar-refractivity contribution >= 4 is 6.03 Å². The standard InChI is InChI=1S/C17H34N4O2/c1-15(2)4-7-18-16(22)19-14-17(5-8-20(3)9-6-17)21-10-12-23-13-11-21/h15H,4-14H2,1-3H3,(H2,18,19,22). The molecule has 0 aromatic carbocycles. The maximum Gasteiger partial charge on any atom is 0.314 e. The Morgan fingerprint density at radius 1 is 1.13 bits per heavy atom. The molecule has 0 atom stereocenters. The average Bonchev–Trinajstić information content (AvgIpc) is 2.55. The largest absolute Gasteiger partial charge is 0.379 e.